The van der Waals surface area contributed by atoms with Crippen LogP contribution in [0.1, 0.15) is 10.4 Å². The SMILES string of the molecule is COc1ccc(C(N)=O)cc1.COc1ccc(N)cc1. The highest BCUT2D eigenvalue weighted by Crippen LogP contribution is 2.11. The quantitative estimate of drug-likeness (QED) is 0.839. The molecule has 2 rings (SSSR count). The van der Waals surface area contributed by atoms with Crippen LogP contribution in [-0.4, -0.2) is 20.1 Å². The summed E-state index contributed by atoms with van der Waals surface area (Å²) >= 11 is 0. The van der Waals surface area contributed by atoms with Gasteiger partial charge in [-0.15, -0.1) is 0 Å². The van der Waals surface area contributed by atoms with Crippen molar-refractivity contribution < 1.29 is 14.3 Å². The van der Waals surface area contributed by atoms with E-state index in [0.29, 0.717) is 5.56 Å². The van der Waals surface area contributed by atoms with Gasteiger partial charge in [-0.1, -0.05) is 0 Å². The van der Waals surface area contributed by atoms with E-state index in [1.54, 1.807) is 50.6 Å². The van der Waals surface area contributed by atoms with Crippen LogP contribution in [0.25, 0.3) is 0 Å². The Morgan fingerprint density at radius 1 is 0.850 bits per heavy atom. The Morgan fingerprint density at radius 3 is 1.60 bits per heavy atom. The number of amides is 1. The summed E-state index contributed by atoms with van der Waals surface area (Å²) in [7, 11) is 3.20. The zero-order valence-corrected chi connectivity index (χ0v) is 11.5. The number of carbonyl (C=O) groups excluding carboxylic acids is 1. The second kappa shape index (κ2) is 7.68. The van der Waals surface area contributed by atoms with Crippen molar-refractivity contribution in [3.05, 3.63) is 54.1 Å². The fourth-order valence-electron chi connectivity index (χ4n) is 1.36. The summed E-state index contributed by atoms with van der Waals surface area (Å²) < 4.78 is 9.81. The second-order valence-corrected chi connectivity index (χ2v) is 3.87. The number of nitrogen functional groups attached to an aromatic ring is 1. The molecule has 0 radical (unpaired) electrons. The van der Waals surface area contributed by atoms with E-state index in [9.17, 15) is 4.79 Å². The van der Waals surface area contributed by atoms with E-state index in [0.717, 1.165) is 17.2 Å². The summed E-state index contributed by atoms with van der Waals surface area (Å²) in [6.45, 7) is 0. The number of hydrogen-bond acceptors (Lipinski definition) is 4. The highest BCUT2D eigenvalue weighted by Gasteiger charge is 1.98. The first-order valence-corrected chi connectivity index (χ1v) is 5.90. The van der Waals surface area contributed by atoms with Crippen molar-refractivity contribution in [3.63, 3.8) is 0 Å². The zero-order valence-electron chi connectivity index (χ0n) is 11.5. The average Bonchev–Trinajstić information content (AvgIpc) is 2.49. The van der Waals surface area contributed by atoms with Crippen molar-refractivity contribution in [2.75, 3.05) is 20.0 Å². The van der Waals surface area contributed by atoms with Gasteiger partial charge in [-0.05, 0) is 48.5 Å². The molecule has 0 spiro atoms. The number of ether oxygens (including phenoxy) is 2. The van der Waals surface area contributed by atoms with Crippen molar-refractivity contribution in [2.45, 2.75) is 0 Å². The van der Waals surface area contributed by atoms with Crippen LogP contribution in [0.15, 0.2) is 48.5 Å². The molecule has 2 aromatic carbocycles. The predicted octanol–water partition coefficient (Wildman–Crippen LogP) is 2.07. The smallest absolute Gasteiger partial charge is 0.248 e. The molecular weight excluding hydrogens is 256 g/mol. The van der Waals surface area contributed by atoms with Crippen molar-refractivity contribution in [1.29, 1.82) is 0 Å². The molecule has 106 valence electrons. The number of rotatable bonds is 3. The number of methoxy groups -OCH3 is 2. The highest BCUT2D eigenvalue weighted by molar-refractivity contribution is 5.92. The minimum absolute atomic E-state index is 0.423. The number of anilines is 1. The number of carbonyl (C=O) groups is 1. The molecule has 4 N–H and O–H groups in total. The second-order valence-electron chi connectivity index (χ2n) is 3.87. The van der Waals surface area contributed by atoms with Gasteiger partial charge in [-0.2, -0.15) is 0 Å². The van der Waals surface area contributed by atoms with Crippen LogP contribution in [0.4, 0.5) is 5.69 Å². The van der Waals surface area contributed by atoms with Crippen molar-refractivity contribution >= 4 is 11.6 Å². The summed E-state index contributed by atoms with van der Waals surface area (Å²) in [5.41, 5.74) is 11.7. The van der Waals surface area contributed by atoms with E-state index in [2.05, 4.69) is 0 Å². The van der Waals surface area contributed by atoms with Crippen LogP contribution < -0.4 is 20.9 Å². The third-order valence-electron chi connectivity index (χ3n) is 2.49. The normalized spacial score (nSPS) is 9.10. The van der Waals surface area contributed by atoms with E-state index in [4.69, 9.17) is 20.9 Å². The molecule has 1 amide bonds. The van der Waals surface area contributed by atoms with E-state index in [1.165, 1.54) is 0 Å². The van der Waals surface area contributed by atoms with Gasteiger partial charge in [0.05, 0.1) is 14.2 Å². The predicted molar refractivity (Wildman–Crippen MR) is 78.9 cm³/mol. The monoisotopic (exact) mass is 274 g/mol. The van der Waals surface area contributed by atoms with E-state index in [1.807, 2.05) is 12.1 Å². The molecule has 0 atom stereocenters. The van der Waals surface area contributed by atoms with Crippen molar-refractivity contribution in [1.82, 2.24) is 0 Å². The summed E-state index contributed by atoms with van der Waals surface area (Å²) in [5.74, 6) is 1.13. The molecule has 0 unspecified atom stereocenters. The van der Waals surface area contributed by atoms with Gasteiger partial charge in [0, 0.05) is 11.3 Å². The maximum absolute atomic E-state index is 10.6. The number of hydrogen-bond donors (Lipinski definition) is 2. The van der Waals surface area contributed by atoms with Crippen LogP contribution in [0.3, 0.4) is 0 Å². The van der Waals surface area contributed by atoms with Crippen LogP contribution in [-0.2, 0) is 0 Å². The Morgan fingerprint density at radius 2 is 1.25 bits per heavy atom. The average molecular weight is 274 g/mol. The van der Waals surface area contributed by atoms with Gasteiger partial charge in [0.1, 0.15) is 11.5 Å². The molecular formula is C15H18N2O3. The van der Waals surface area contributed by atoms with Crippen LogP contribution >= 0.6 is 0 Å². The van der Waals surface area contributed by atoms with Crippen molar-refractivity contribution in [3.8, 4) is 11.5 Å². The Bertz CT molecular complexity index is 536. The summed E-state index contributed by atoms with van der Waals surface area (Å²) in [5, 5.41) is 0. The lowest BCUT2D eigenvalue weighted by Crippen LogP contribution is -2.10. The third kappa shape index (κ3) is 4.89. The summed E-state index contributed by atoms with van der Waals surface area (Å²) in [6, 6.07) is 13.9. The maximum Gasteiger partial charge on any atom is 0.248 e. The molecule has 0 aliphatic carbocycles. The van der Waals surface area contributed by atoms with Gasteiger partial charge in [-0.25, -0.2) is 0 Å². The van der Waals surface area contributed by atoms with E-state index >= 15 is 0 Å². The first-order chi connectivity index (χ1) is 9.56. The first kappa shape index (κ1) is 15.4. The van der Waals surface area contributed by atoms with Gasteiger partial charge in [0.25, 0.3) is 0 Å². The number of benzene rings is 2. The van der Waals surface area contributed by atoms with E-state index < -0.39 is 5.91 Å². The maximum atomic E-state index is 10.6. The standard InChI is InChI=1S/C8H9NO2.C7H9NO/c1-11-7-4-2-6(3-5-7)8(9)10;1-9-7-4-2-6(8)3-5-7/h2-5H,1H3,(H2,9,10);2-5H,8H2,1H3. The van der Waals surface area contributed by atoms with Gasteiger partial charge in [0.2, 0.25) is 5.91 Å². The van der Waals surface area contributed by atoms with Gasteiger partial charge < -0.3 is 20.9 Å². The van der Waals surface area contributed by atoms with Crippen LogP contribution in [0.5, 0.6) is 11.5 Å². The van der Waals surface area contributed by atoms with Crippen LogP contribution in [0.2, 0.25) is 0 Å². The van der Waals surface area contributed by atoms with Gasteiger partial charge in [0.15, 0.2) is 0 Å². The molecule has 0 bridgehead atoms. The molecule has 0 aromatic heterocycles. The Kier molecular flexibility index (Phi) is 5.90. The molecule has 5 nitrogen and oxygen atoms in total. The third-order valence-corrected chi connectivity index (χ3v) is 2.49. The highest BCUT2D eigenvalue weighted by atomic mass is 16.5. The van der Waals surface area contributed by atoms with Crippen molar-refractivity contribution in [2.24, 2.45) is 5.73 Å². The minimum atomic E-state index is -0.423. The molecule has 0 aliphatic rings. The van der Waals surface area contributed by atoms with Crippen LogP contribution in [0, 0.1) is 0 Å². The Labute approximate surface area is 118 Å². The zero-order chi connectivity index (χ0) is 15.0. The van der Waals surface area contributed by atoms with Gasteiger partial charge in [-0.3, -0.25) is 4.79 Å². The summed E-state index contributed by atoms with van der Waals surface area (Å²) in [4.78, 5) is 10.6. The fourth-order valence-corrected chi connectivity index (χ4v) is 1.36. The number of nitrogens with two attached hydrogens (primary N) is 2. The molecule has 2 aromatic rings. The molecule has 0 saturated heterocycles. The molecule has 20 heavy (non-hydrogen) atoms. The van der Waals surface area contributed by atoms with Gasteiger partial charge >= 0.3 is 0 Å². The fraction of sp³-hybridized carbons (Fsp3) is 0.133. The Balaban J connectivity index is 0.000000204. The summed E-state index contributed by atoms with van der Waals surface area (Å²) in [6.07, 6.45) is 0. The largest absolute Gasteiger partial charge is 0.497 e. The lowest BCUT2D eigenvalue weighted by Gasteiger charge is -1.98. The minimum Gasteiger partial charge on any atom is -0.497 e. The lowest BCUT2D eigenvalue weighted by molar-refractivity contribution is 0.100. The Hall–Kier alpha value is -2.69. The molecule has 0 heterocycles. The molecule has 0 saturated carbocycles. The first-order valence-electron chi connectivity index (χ1n) is 5.90. The van der Waals surface area contributed by atoms with E-state index in [-0.39, 0.29) is 0 Å². The molecule has 0 fully saturated rings. The molecule has 5 heteroatoms. The molecule has 0 aliphatic heterocycles. The number of primary amides is 1. The topological polar surface area (TPSA) is 87.6 Å². The lowest BCUT2D eigenvalue weighted by atomic mass is 10.2.